The van der Waals surface area contributed by atoms with Gasteiger partial charge < -0.3 is 14.8 Å². The van der Waals surface area contributed by atoms with Crippen molar-refractivity contribution in [2.45, 2.75) is 26.8 Å². The van der Waals surface area contributed by atoms with Crippen LogP contribution >= 0.6 is 0 Å². The lowest BCUT2D eigenvalue weighted by molar-refractivity contribution is 0.135. The van der Waals surface area contributed by atoms with Crippen LogP contribution in [0.15, 0.2) is 54.7 Å². The summed E-state index contributed by atoms with van der Waals surface area (Å²) in [5.74, 6) is 0.965. The minimum atomic E-state index is -0.0477. The summed E-state index contributed by atoms with van der Waals surface area (Å²) in [4.78, 5) is 19.0. The molecule has 0 spiro atoms. The van der Waals surface area contributed by atoms with E-state index in [2.05, 4.69) is 47.8 Å². The van der Waals surface area contributed by atoms with Gasteiger partial charge in [-0.1, -0.05) is 36.4 Å². The molecule has 138 valence electrons. The molecule has 0 bridgehead atoms. The molecule has 1 aromatic heterocycles. The molecule has 3 aromatic rings. The monoisotopic (exact) mass is 360 g/mol. The highest BCUT2D eigenvalue weighted by Crippen LogP contribution is 2.30. The second-order valence-electron chi connectivity index (χ2n) is 7.25. The van der Waals surface area contributed by atoms with E-state index in [-0.39, 0.29) is 12.1 Å². The van der Waals surface area contributed by atoms with Crippen LogP contribution in [0.2, 0.25) is 0 Å². The summed E-state index contributed by atoms with van der Waals surface area (Å²) in [6.07, 6.45) is 1.90. The van der Waals surface area contributed by atoms with E-state index >= 15 is 0 Å². The van der Waals surface area contributed by atoms with Crippen molar-refractivity contribution in [3.63, 3.8) is 0 Å². The zero-order chi connectivity index (χ0) is 19.0. The Morgan fingerprint density at radius 2 is 1.78 bits per heavy atom. The molecule has 4 rings (SSSR count). The Morgan fingerprint density at radius 1 is 1.04 bits per heavy atom. The first kappa shape index (κ1) is 17.3. The number of aryl methyl sites for hydroxylation is 3. The molecule has 27 heavy (non-hydrogen) atoms. The molecule has 0 aliphatic carbocycles. The molecule has 1 aliphatic rings. The van der Waals surface area contributed by atoms with Gasteiger partial charge in [0.2, 0.25) is 0 Å². The molecule has 0 atom stereocenters. The highest BCUT2D eigenvalue weighted by Gasteiger charge is 2.34. The van der Waals surface area contributed by atoms with Gasteiger partial charge in [-0.2, -0.15) is 0 Å². The van der Waals surface area contributed by atoms with Crippen LogP contribution in [-0.4, -0.2) is 33.6 Å². The lowest BCUT2D eigenvalue weighted by Gasteiger charge is -2.41. The van der Waals surface area contributed by atoms with Crippen molar-refractivity contribution in [3.8, 4) is 11.4 Å². The van der Waals surface area contributed by atoms with Crippen LogP contribution in [0.5, 0.6) is 0 Å². The molecule has 0 saturated carbocycles. The lowest BCUT2D eigenvalue weighted by Crippen LogP contribution is -2.52. The van der Waals surface area contributed by atoms with Gasteiger partial charge in [-0.3, -0.25) is 0 Å². The van der Waals surface area contributed by atoms with Gasteiger partial charge in [0, 0.05) is 36.2 Å². The molecule has 1 fully saturated rings. The molecule has 0 radical (unpaired) electrons. The number of nitrogens with one attached hydrogen (secondary N) is 1. The third-order valence-electron chi connectivity index (χ3n) is 5.29. The number of urea groups is 1. The Morgan fingerprint density at radius 3 is 2.48 bits per heavy atom. The molecule has 1 saturated heterocycles. The van der Waals surface area contributed by atoms with Gasteiger partial charge in [-0.15, -0.1) is 0 Å². The smallest absolute Gasteiger partial charge is 0.321 e. The highest BCUT2D eigenvalue weighted by atomic mass is 16.2. The normalized spacial score (nSPS) is 14.1. The Labute approximate surface area is 159 Å². The van der Waals surface area contributed by atoms with Crippen molar-refractivity contribution in [2.75, 3.05) is 18.4 Å². The van der Waals surface area contributed by atoms with E-state index in [9.17, 15) is 4.79 Å². The van der Waals surface area contributed by atoms with Gasteiger partial charge in [-0.25, -0.2) is 9.78 Å². The summed E-state index contributed by atoms with van der Waals surface area (Å²) in [7, 11) is 0. The van der Waals surface area contributed by atoms with E-state index in [0.717, 1.165) is 22.8 Å². The number of imidazole rings is 1. The SMILES string of the molecule is Cc1ccc(NC(=O)N2CC(n3c(C)cnc3-c3ccccc3)C2)cc1C. The van der Waals surface area contributed by atoms with E-state index in [1.807, 2.05) is 47.5 Å². The molecule has 5 nitrogen and oxygen atoms in total. The first-order valence-corrected chi connectivity index (χ1v) is 9.25. The average Bonchev–Trinajstić information content (AvgIpc) is 2.99. The second-order valence-corrected chi connectivity index (χ2v) is 7.25. The number of nitrogens with zero attached hydrogens (tertiary/aromatic N) is 3. The van der Waals surface area contributed by atoms with E-state index in [1.165, 1.54) is 11.1 Å². The first-order chi connectivity index (χ1) is 13.0. The van der Waals surface area contributed by atoms with Gasteiger partial charge in [-0.05, 0) is 44.0 Å². The molecule has 2 aromatic carbocycles. The number of amides is 2. The third kappa shape index (κ3) is 3.33. The summed E-state index contributed by atoms with van der Waals surface area (Å²) >= 11 is 0. The number of anilines is 1. The van der Waals surface area contributed by atoms with Gasteiger partial charge in [0.05, 0.1) is 6.04 Å². The number of benzene rings is 2. The predicted molar refractivity (Wildman–Crippen MR) is 108 cm³/mol. The molecule has 2 amide bonds. The Bertz CT molecular complexity index is 971. The van der Waals surface area contributed by atoms with E-state index in [1.54, 1.807) is 0 Å². The predicted octanol–water partition coefficient (Wildman–Crippen LogP) is 4.56. The van der Waals surface area contributed by atoms with E-state index in [4.69, 9.17) is 0 Å². The average molecular weight is 360 g/mol. The van der Waals surface area contributed by atoms with Crippen LogP contribution in [0.25, 0.3) is 11.4 Å². The van der Waals surface area contributed by atoms with E-state index in [0.29, 0.717) is 13.1 Å². The quantitative estimate of drug-likeness (QED) is 0.744. The van der Waals surface area contributed by atoms with Crippen molar-refractivity contribution in [1.29, 1.82) is 0 Å². The number of hydrogen-bond donors (Lipinski definition) is 1. The number of carbonyl (C=O) groups excluding carboxylic acids is 1. The fourth-order valence-electron chi connectivity index (χ4n) is 3.51. The second kappa shape index (κ2) is 6.91. The van der Waals surface area contributed by atoms with Crippen LogP contribution in [-0.2, 0) is 0 Å². The topological polar surface area (TPSA) is 50.2 Å². The number of likely N-dealkylation sites (tertiary alicyclic amines) is 1. The minimum absolute atomic E-state index is 0.0477. The van der Waals surface area contributed by atoms with Gasteiger partial charge in [0.25, 0.3) is 0 Å². The fourth-order valence-corrected chi connectivity index (χ4v) is 3.51. The first-order valence-electron chi connectivity index (χ1n) is 9.25. The molecular weight excluding hydrogens is 336 g/mol. The van der Waals surface area contributed by atoms with Crippen molar-refractivity contribution in [3.05, 3.63) is 71.5 Å². The molecule has 1 aliphatic heterocycles. The van der Waals surface area contributed by atoms with Crippen molar-refractivity contribution in [1.82, 2.24) is 14.5 Å². The summed E-state index contributed by atoms with van der Waals surface area (Å²) in [5, 5.41) is 3.00. The minimum Gasteiger partial charge on any atom is -0.322 e. The van der Waals surface area contributed by atoms with Crippen LogP contribution in [0.1, 0.15) is 22.9 Å². The zero-order valence-corrected chi connectivity index (χ0v) is 15.9. The standard InChI is InChI=1S/C22H24N4O/c1-15-9-10-19(11-16(15)2)24-22(27)25-13-20(14-25)26-17(3)12-23-21(26)18-7-5-4-6-8-18/h4-12,20H,13-14H2,1-3H3,(H,24,27). The third-order valence-corrected chi connectivity index (χ3v) is 5.29. The maximum Gasteiger partial charge on any atom is 0.321 e. The summed E-state index contributed by atoms with van der Waals surface area (Å²) in [5.41, 5.74) is 5.46. The zero-order valence-electron chi connectivity index (χ0n) is 15.9. The number of rotatable bonds is 3. The number of carbonyl (C=O) groups is 1. The number of aromatic nitrogens is 2. The molecule has 5 heteroatoms. The largest absolute Gasteiger partial charge is 0.322 e. The Balaban J connectivity index is 1.45. The van der Waals surface area contributed by atoms with Crippen LogP contribution in [0.3, 0.4) is 0 Å². The number of hydrogen-bond acceptors (Lipinski definition) is 2. The summed E-state index contributed by atoms with van der Waals surface area (Å²) in [6.45, 7) is 7.56. The van der Waals surface area contributed by atoms with Crippen LogP contribution in [0.4, 0.5) is 10.5 Å². The van der Waals surface area contributed by atoms with Crippen LogP contribution in [0, 0.1) is 20.8 Å². The summed E-state index contributed by atoms with van der Waals surface area (Å²) in [6, 6.07) is 16.4. The molecular formula is C22H24N4O. The highest BCUT2D eigenvalue weighted by molar-refractivity contribution is 5.90. The maximum atomic E-state index is 12.5. The van der Waals surface area contributed by atoms with Crippen LogP contribution < -0.4 is 5.32 Å². The van der Waals surface area contributed by atoms with Crippen molar-refractivity contribution < 1.29 is 4.79 Å². The van der Waals surface area contributed by atoms with Crippen molar-refractivity contribution in [2.24, 2.45) is 0 Å². The molecule has 2 heterocycles. The fraction of sp³-hybridized carbons (Fsp3) is 0.273. The summed E-state index contributed by atoms with van der Waals surface area (Å²) < 4.78 is 2.25. The lowest BCUT2D eigenvalue weighted by atomic mass is 10.1. The van der Waals surface area contributed by atoms with Gasteiger partial charge in [0.15, 0.2) is 0 Å². The molecule has 0 unspecified atom stereocenters. The maximum absolute atomic E-state index is 12.5. The van der Waals surface area contributed by atoms with Gasteiger partial charge >= 0.3 is 6.03 Å². The van der Waals surface area contributed by atoms with E-state index < -0.39 is 0 Å². The molecule has 1 N–H and O–H groups in total. The van der Waals surface area contributed by atoms with Gasteiger partial charge in [0.1, 0.15) is 5.82 Å². The Hall–Kier alpha value is -3.08. The Kier molecular flexibility index (Phi) is 4.44. The van der Waals surface area contributed by atoms with Crippen molar-refractivity contribution >= 4 is 11.7 Å².